The molecule has 0 aromatic heterocycles. The smallest absolute Gasteiger partial charge is 0.119 e. The first kappa shape index (κ1) is 15.9. The number of nitrogens with one attached hydrogen (secondary N) is 1. The van der Waals surface area contributed by atoms with Crippen LogP contribution in [0.15, 0.2) is 48.5 Å². The topological polar surface area (TPSA) is 21.3 Å². The van der Waals surface area contributed by atoms with Gasteiger partial charge in [0.05, 0.1) is 6.61 Å². The van der Waals surface area contributed by atoms with E-state index >= 15 is 0 Å². The van der Waals surface area contributed by atoms with E-state index in [9.17, 15) is 0 Å². The van der Waals surface area contributed by atoms with E-state index in [0.717, 1.165) is 23.6 Å². The van der Waals surface area contributed by atoms with E-state index in [0.29, 0.717) is 12.6 Å². The van der Waals surface area contributed by atoms with Crippen molar-refractivity contribution in [1.82, 2.24) is 5.32 Å². The Morgan fingerprint density at radius 1 is 1.14 bits per heavy atom. The molecule has 1 atom stereocenters. The summed E-state index contributed by atoms with van der Waals surface area (Å²) in [5.74, 6) is 0.917. The second-order valence-electron chi connectivity index (χ2n) is 5.23. The monoisotopic (exact) mass is 303 g/mol. The fraction of sp³-hybridized carbons (Fsp3) is 0.333. The largest absolute Gasteiger partial charge is 0.494 e. The molecule has 0 aliphatic carbocycles. The van der Waals surface area contributed by atoms with Crippen LogP contribution in [0.2, 0.25) is 5.02 Å². The molecule has 0 heterocycles. The summed E-state index contributed by atoms with van der Waals surface area (Å²) in [4.78, 5) is 0. The number of hydrogen-bond donors (Lipinski definition) is 1. The Labute approximate surface area is 132 Å². The van der Waals surface area contributed by atoms with E-state index < -0.39 is 0 Å². The van der Waals surface area contributed by atoms with Gasteiger partial charge in [-0.25, -0.2) is 0 Å². The molecule has 2 rings (SSSR count). The predicted octanol–water partition coefficient (Wildman–Crippen LogP) is 4.25. The lowest BCUT2D eigenvalue weighted by atomic mass is 10.0. The quantitative estimate of drug-likeness (QED) is 0.825. The number of para-hydroxylation sites is 1. The Morgan fingerprint density at radius 3 is 2.57 bits per heavy atom. The highest BCUT2D eigenvalue weighted by Crippen LogP contribution is 2.20. The van der Waals surface area contributed by atoms with Crippen LogP contribution in [0.4, 0.5) is 0 Å². The molecule has 0 saturated heterocycles. The van der Waals surface area contributed by atoms with E-state index in [1.807, 2.05) is 43.4 Å². The van der Waals surface area contributed by atoms with Crippen LogP contribution >= 0.6 is 11.6 Å². The molecule has 3 heteroatoms. The predicted molar refractivity (Wildman–Crippen MR) is 89.3 cm³/mol. The molecule has 1 unspecified atom stereocenters. The lowest BCUT2D eigenvalue weighted by Crippen LogP contribution is -2.29. The van der Waals surface area contributed by atoms with Gasteiger partial charge in [-0.1, -0.05) is 41.9 Å². The second kappa shape index (κ2) is 8.06. The highest BCUT2D eigenvalue weighted by atomic mass is 35.5. The molecular formula is C18H22ClNO. The molecule has 0 spiro atoms. The van der Waals surface area contributed by atoms with Gasteiger partial charge in [-0.05, 0) is 56.1 Å². The van der Waals surface area contributed by atoms with Crippen LogP contribution < -0.4 is 10.1 Å². The van der Waals surface area contributed by atoms with E-state index in [1.54, 1.807) is 0 Å². The van der Waals surface area contributed by atoms with Crippen molar-refractivity contribution in [3.05, 3.63) is 64.7 Å². The molecule has 0 amide bonds. The zero-order valence-electron chi connectivity index (χ0n) is 12.6. The van der Waals surface area contributed by atoms with Gasteiger partial charge in [-0.2, -0.15) is 0 Å². The minimum atomic E-state index is 0.355. The molecule has 1 N–H and O–H groups in total. The Hall–Kier alpha value is -1.51. The minimum Gasteiger partial charge on any atom is -0.494 e. The molecule has 0 radical (unpaired) electrons. The average molecular weight is 304 g/mol. The summed E-state index contributed by atoms with van der Waals surface area (Å²) < 4.78 is 5.75. The Morgan fingerprint density at radius 2 is 1.90 bits per heavy atom. The first-order valence-corrected chi connectivity index (χ1v) is 7.67. The Balaban J connectivity index is 1.85. The highest BCUT2D eigenvalue weighted by molar-refractivity contribution is 6.31. The number of likely N-dealkylation sites (N-methyl/N-ethyl adjacent to an activating group) is 1. The molecule has 0 aliphatic rings. The summed E-state index contributed by atoms with van der Waals surface area (Å²) >= 11 is 6.30. The third-order valence-electron chi connectivity index (χ3n) is 3.56. The maximum Gasteiger partial charge on any atom is 0.119 e. The van der Waals surface area contributed by atoms with E-state index in [2.05, 4.69) is 24.4 Å². The van der Waals surface area contributed by atoms with Gasteiger partial charge in [0.25, 0.3) is 0 Å². The van der Waals surface area contributed by atoms with Gasteiger partial charge in [0.2, 0.25) is 0 Å². The Bertz CT molecular complexity index is 556. The van der Waals surface area contributed by atoms with Crippen molar-refractivity contribution in [1.29, 1.82) is 0 Å². The van der Waals surface area contributed by atoms with Gasteiger partial charge >= 0.3 is 0 Å². The van der Waals surface area contributed by atoms with E-state index in [1.165, 1.54) is 11.1 Å². The number of aryl methyl sites for hydroxylation is 1. The van der Waals surface area contributed by atoms with Crippen molar-refractivity contribution in [2.24, 2.45) is 0 Å². The first-order chi connectivity index (χ1) is 10.2. The molecule has 21 heavy (non-hydrogen) atoms. The third kappa shape index (κ3) is 5.07. The van der Waals surface area contributed by atoms with E-state index in [-0.39, 0.29) is 0 Å². The zero-order chi connectivity index (χ0) is 15.1. The molecule has 2 aromatic carbocycles. The third-order valence-corrected chi connectivity index (χ3v) is 3.91. The summed E-state index contributed by atoms with van der Waals surface area (Å²) in [5, 5.41) is 4.19. The molecular weight excluding hydrogens is 282 g/mol. The summed E-state index contributed by atoms with van der Waals surface area (Å²) in [7, 11) is 1.98. The van der Waals surface area contributed by atoms with Crippen LogP contribution in [-0.2, 0) is 6.42 Å². The maximum atomic E-state index is 6.30. The standard InChI is InChI=1S/C18H22ClNO/c1-14-8-9-15(18(19)12-14)13-16(20-2)10-11-21-17-6-4-3-5-7-17/h3-9,12,16,20H,10-11,13H2,1-2H3. The normalized spacial score (nSPS) is 12.1. The summed E-state index contributed by atoms with van der Waals surface area (Å²) in [6, 6.07) is 16.5. The minimum absolute atomic E-state index is 0.355. The second-order valence-corrected chi connectivity index (χ2v) is 5.64. The van der Waals surface area contributed by atoms with Crippen molar-refractivity contribution in [3.63, 3.8) is 0 Å². The molecule has 2 nitrogen and oxygen atoms in total. The van der Waals surface area contributed by atoms with Gasteiger partial charge in [0, 0.05) is 11.1 Å². The number of rotatable bonds is 7. The molecule has 0 aliphatic heterocycles. The molecule has 0 saturated carbocycles. The number of ether oxygens (including phenoxy) is 1. The molecule has 0 fully saturated rings. The van der Waals surface area contributed by atoms with Crippen LogP contribution in [0.1, 0.15) is 17.5 Å². The van der Waals surface area contributed by atoms with Gasteiger partial charge < -0.3 is 10.1 Å². The van der Waals surface area contributed by atoms with E-state index in [4.69, 9.17) is 16.3 Å². The van der Waals surface area contributed by atoms with Gasteiger partial charge in [-0.15, -0.1) is 0 Å². The van der Waals surface area contributed by atoms with Crippen molar-refractivity contribution in [2.75, 3.05) is 13.7 Å². The van der Waals surface area contributed by atoms with Crippen LogP contribution in [0, 0.1) is 6.92 Å². The molecule has 112 valence electrons. The van der Waals surface area contributed by atoms with Crippen LogP contribution in [0.25, 0.3) is 0 Å². The zero-order valence-corrected chi connectivity index (χ0v) is 13.4. The van der Waals surface area contributed by atoms with Crippen molar-refractivity contribution >= 4 is 11.6 Å². The number of hydrogen-bond acceptors (Lipinski definition) is 2. The fourth-order valence-electron chi connectivity index (χ4n) is 2.27. The average Bonchev–Trinajstić information content (AvgIpc) is 2.49. The first-order valence-electron chi connectivity index (χ1n) is 7.29. The van der Waals surface area contributed by atoms with Crippen molar-refractivity contribution < 1.29 is 4.74 Å². The van der Waals surface area contributed by atoms with Crippen LogP contribution in [0.5, 0.6) is 5.75 Å². The summed E-state index contributed by atoms with van der Waals surface area (Å²) in [6.07, 6.45) is 1.85. The maximum absolute atomic E-state index is 6.30. The van der Waals surface area contributed by atoms with Crippen molar-refractivity contribution in [2.45, 2.75) is 25.8 Å². The number of halogens is 1. The highest BCUT2D eigenvalue weighted by Gasteiger charge is 2.10. The van der Waals surface area contributed by atoms with Gasteiger partial charge in [0.15, 0.2) is 0 Å². The molecule has 2 aromatic rings. The van der Waals surface area contributed by atoms with Gasteiger partial charge in [-0.3, -0.25) is 0 Å². The van der Waals surface area contributed by atoms with Gasteiger partial charge in [0.1, 0.15) is 5.75 Å². The van der Waals surface area contributed by atoms with Crippen molar-refractivity contribution in [3.8, 4) is 5.75 Å². The van der Waals surface area contributed by atoms with Crippen LogP contribution in [-0.4, -0.2) is 19.7 Å². The van der Waals surface area contributed by atoms with Crippen LogP contribution in [0.3, 0.4) is 0 Å². The SMILES string of the molecule is CNC(CCOc1ccccc1)Cc1ccc(C)cc1Cl. The summed E-state index contributed by atoms with van der Waals surface area (Å²) in [6.45, 7) is 2.75. The summed E-state index contributed by atoms with van der Waals surface area (Å²) in [5.41, 5.74) is 2.37. The lowest BCUT2D eigenvalue weighted by Gasteiger charge is -2.17. The lowest BCUT2D eigenvalue weighted by molar-refractivity contribution is 0.288. The Kier molecular flexibility index (Phi) is 6.09. The fourth-order valence-corrected chi connectivity index (χ4v) is 2.58. The number of benzene rings is 2. The molecule has 0 bridgehead atoms.